The van der Waals surface area contributed by atoms with Crippen molar-refractivity contribution in [1.82, 2.24) is 0 Å². The Morgan fingerprint density at radius 2 is 2.33 bits per heavy atom. The topological polar surface area (TPSA) is 38.4 Å². The van der Waals surface area contributed by atoms with E-state index in [2.05, 4.69) is 18.8 Å². The standard InChI is InChI=1S/C10H20N2/c1-3-4-5-9-6-8(2)7-10(11)12-9/h8-9H,3-7H2,1-2H3,(H2,11,12). The number of hydrogen-bond acceptors (Lipinski definition) is 2. The molecule has 2 atom stereocenters. The normalized spacial score (nSPS) is 30.0. The third kappa shape index (κ3) is 2.84. The van der Waals surface area contributed by atoms with Crippen LogP contribution in [0, 0.1) is 5.92 Å². The van der Waals surface area contributed by atoms with E-state index in [9.17, 15) is 0 Å². The molecular weight excluding hydrogens is 148 g/mol. The maximum atomic E-state index is 5.74. The molecule has 0 aromatic heterocycles. The maximum absolute atomic E-state index is 5.74. The monoisotopic (exact) mass is 168 g/mol. The number of amidine groups is 1. The van der Waals surface area contributed by atoms with E-state index in [1.807, 2.05) is 0 Å². The van der Waals surface area contributed by atoms with Crippen molar-refractivity contribution < 1.29 is 0 Å². The summed E-state index contributed by atoms with van der Waals surface area (Å²) in [5, 5.41) is 0. The van der Waals surface area contributed by atoms with E-state index >= 15 is 0 Å². The van der Waals surface area contributed by atoms with Crippen molar-refractivity contribution in [2.45, 2.75) is 52.0 Å². The van der Waals surface area contributed by atoms with Crippen LogP contribution >= 0.6 is 0 Å². The molecule has 1 heterocycles. The van der Waals surface area contributed by atoms with Gasteiger partial charge in [-0.25, -0.2) is 0 Å². The highest BCUT2D eigenvalue weighted by Crippen LogP contribution is 2.21. The molecule has 1 aliphatic rings. The Labute approximate surface area is 75.3 Å². The predicted molar refractivity (Wildman–Crippen MR) is 53.3 cm³/mol. The molecule has 2 nitrogen and oxygen atoms in total. The SMILES string of the molecule is CCCCC1CC(C)CC(N)=N1. The summed E-state index contributed by atoms with van der Waals surface area (Å²) < 4.78 is 0. The van der Waals surface area contributed by atoms with Gasteiger partial charge in [0.25, 0.3) is 0 Å². The molecule has 2 heteroatoms. The van der Waals surface area contributed by atoms with E-state index in [0.29, 0.717) is 6.04 Å². The minimum absolute atomic E-state index is 0.522. The molecule has 2 N–H and O–H groups in total. The molecule has 0 radical (unpaired) electrons. The van der Waals surface area contributed by atoms with Crippen molar-refractivity contribution >= 4 is 5.84 Å². The first-order chi connectivity index (χ1) is 5.72. The summed E-state index contributed by atoms with van der Waals surface area (Å²) >= 11 is 0. The first-order valence-electron chi connectivity index (χ1n) is 5.04. The number of unbranched alkanes of at least 4 members (excludes halogenated alkanes) is 1. The fraction of sp³-hybridized carbons (Fsp3) is 0.900. The van der Waals surface area contributed by atoms with Crippen LogP contribution in [-0.2, 0) is 0 Å². The van der Waals surface area contributed by atoms with Gasteiger partial charge in [-0.2, -0.15) is 0 Å². The number of aliphatic imine (C=N–C) groups is 1. The lowest BCUT2D eigenvalue weighted by Crippen LogP contribution is -2.26. The molecule has 1 rings (SSSR count). The zero-order valence-electron chi connectivity index (χ0n) is 8.21. The maximum Gasteiger partial charge on any atom is 0.0943 e. The van der Waals surface area contributed by atoms with Gasteiger partial charge in [0.1, 0.15) is 0 Å². The molecule has 0 aromatic rings. The fourth-order valence-corrected chi connectivity index (χ4v) is 1.87. The average molecular weight is 168 g/mol. The lowest BCUT2D eigenvalue weighted by Gasteiger charge is -2.23. The molecule has 12 heavy (non-hydrogen) atoms. The van der Waals surface area contributed by atoms with E-state index < -0.39 is 0 Å². The molecule has 1 aliphatic heterocycles. The molecule has 0 bridgehead atoms. The Morgan fingerprint density at radius 1 is 1.58 bits per heavy atom. The van der Waals surface area contributed by atoms with Crippen LogP contribution in [0.3, 0.4) is 0 Å². The van der Waals surface area contributed by atoms with Gasteiger partial charge in [-0.3, -0.25) is 4.99 Å². The van der Waals surface area contributed by atoms with Gasteiger partial charge in [0.2, 0.25) is 0 Å². The second kappa shape index (κ2) is 4.48. The molecule has 0 saturated heterocycles. The largest absolute Gasteiger partial charge is 0.387 e. The van der Waals surface area contributed by atoms with Crippen LogP contribution in [0.15, 0.2) is 4.99 Å². The minimum atomic E-state index is 0.522. The van der Waals surface area contributed by atoms with Gasteiger partial charge >= 0.3 is 0 Å². The van der Waals surface area contributed by atoms with Crippen LogP contribution in [0.4, 0.5) is 0 Å². The molecule has 0 aliphatic carbocycles. The van der Waals surface area contributed by atoms with Crippen molar-refractivity contribution in [2.24, 2.45) is 16.6 Å². The summed E-state index contributed by atoms with van der Waals surface area (Å²) in [6, 6.07) is 0.522. The van der Waals surface area contributed by atoms with Crippen LogP contribution in [-0.4, -0.2) is 11.9 Å². The summed E-state index contributed by atoms with van der Waals surface area (Å²) in [7, 11) is 0. The molecule has 2 unspecified atom stereocenters. The summed E-state index contributed by atoms with van der Waals surface area (Å²) in [4.78, 5) is 4.46. The van der Waals surface area contributed by atoms with E-state index in [4.69, 9.17) is 5.73 Å². The van der Waals surface area contributed by atoms with Gasteiger partial charge < -0.3 is 5.73 Å². The number of nitrogens with two attached hydrogens (primary N) is 1. The van der Waals surface area contributed by atoms with Crippen molar-refractivity contribution in [1.29, 1.82) is 0 Å². The highest BCUT2D eigenvalue weighted by Gasteiger charge is 2.18. The Kier molecular flexibility index (Phi) is 3.57. The zero-order valence-corrected chi connectivity index (χ0v) is 8.21. The quantitative estimate of drug-likeness (QED) is 0.690. The van der Waals surface area contributed by atoms with Gasteiger partial charge in [-0.1, -0.05) is 26.7 Å². The van der Waals surface area contributed by atoms with Crippen LogP contribution in [0.5, 0.6) is 0 Å². The van der Waals surface area contributed by atoms with Crippen molar-refractivity contribution in [3.8, 4) is 0 Å². The Hall–Kier alpha value is -0.530. The Bertz CT molecular complexity index is 163. The summed E-state index contributed by atoms with van der Waals surface area (Å²) in [5.41, 5.74) is 5.74. The summed E-state index contributed by atoms with van der Waals surface area (Å²) in [6.45, 7) is 4.49. The zero-order chi connectivity index (χ0) is 8.97. The second-order valence-electron chi connectivity index (χ2n) is 3.96. The molecule has 0 aromatic carbocycles. The van der Waals surface area contributed by atoms with Crippen LogP contribution in [0.2, 0.25) is 0 Å². The Balaban J connectivity index is 2.38. The van der Waals surface area contributed by atoms with E-state index in [0.717, 1.165) is 18.2 Å². The van der Waals surface area contributed by atoms with Gasteiger partial charge in [-0.05, 0) is 18.8 Å². The second-order valence-corrected chi connectivity index (χ2v) is 3.96. The summed E-state index contributed by atoms with van der Waals surface area (Å²) in [5.74, 6) is 1.61. The third-order valence-electron chi connectivity index (χ3n) is 2.47. The number of hydrogen-bond donors (Lipinski definition) is 1. The lowest BCUT2D eigenvalue weighted by molar-refractivity contribution is 0.425. The third-order valence-corrected chi connectivity index (χ3v) is 2.47. The molecule has 0 saturated carbocycles. The Morgan fingerprint density at radius 3 is 2.92 bits per heavy atom. The number of rotatable bonds is 3. The van der Waals surface area contributed by atoms with Gasteiger partial charge in [0, 0.05) is 6.42 Å². The smallest absolute Gasteiger partial charge is 0.0943 e. The average Bonchev–Trinajstić information content (AvgIpc) is 1.99. The fourth-order valence-electron chi connectivity index (χ4n) is 1.87. The van der Waals surface area contributed by atoms with Gasteiger partial charge in [0.15, 0.2) is 0 Å². The highest BCUT2D eigenvalue weighted by molar-refractivity contribution is 5.81. The summed E-state index contributed by atoms with van der Waals surface area (Å²) in [6.07, 6.45) is 6.01. The van der Waals surface area contributed by atoms with Crippen LogP contribution in [0.25, 0.3) is 0 Å². The number of nitrogens with zero attached hydrogens (tertiary/aromatic N) is 1. The highest BCUT2D eigenvalue weighted by atomic mass is 14.9. The molecule has 0 spiro atoms. The van der Waals surface area contributed by atoms with E-state index in [-0.39, 0.29) is 0 Å². The minimum Gasteiger partial charge on any atom is -0.387 e. The first kappa shape index (κ1) is 9.56. The van der Waals surface area contributed by atoms with E-state index in [1.165, 1.54) is 25.7 Å². The molecular formula is C10H20N2. The first-order valence-corrected chi connectivity index (χ1v) is 5.04. The van der Waals surface area contributed by atoms with Crippen molar-refractivity contribution in [3.05, 3.63) is 0 Å². The van der Waals surface area contributed by atoms with Gasteiger partial charge in [-0.15, -0.1) is 0 Å². The predicted octanol–water partition coefficient (Wildman–Crippen LogP) is 2.33. The van der Waals surface area contributed by atoms with Crippen molar-refractivity contribution in [2.75, 3.05) is 0 Å². The van der Waals surface area contributed by atoms with Crippen LogP contribution < -0.4 is 5.73 Å². The molecule has 70 valence electrons. The van der Waals surface area contributed by atoms with Crippen molar-refractivity contribution in [3.63, 3.8) is 0 Å². The lowest BCUT2D eigenvalue weighted by atomic mass is 9.92. The van der Waals surface area contributed by atoms with Gasteiger partial charge in [0.05, 0.1) is 11.9 Å². The van der Waals surface area contributed by atoms with E-state index in [1.54, 1.807) is 0 Å². The van der Waals surface area contributed by atoms with Crippen LogP contribution in [0.1, 0.15) is 46.0 Å². The molecule has 0 amide bonds. The molecule has 0 fully saturated rings.